The number of anilines is 1. The monoisotopic (exact) mass is 388 g/mol. The predicted octanol–water partition coefficient (Wildman–Crippen LogP) is 4.89. The largest absolute Gasteiger partial charge is 0.349 e. The Morgan fingerprint density at radius 2 is 1.79 bits per heavy atom. The molecule has 1 N–H and O–H groups in total. The molecule has 0 aliphatic carbocycles. The lowest BCUT2D eigenvalue weighted by Crippen LogP contribution is -2.17. The molecule has 0 aliphatic rings. The molecule has 0 aliphatic heterocycles. The Morgan fingerprint density at radius 1 is 1.03 bits per heavy atom. The SMILES string of the molecule is Cc1ccc(C)c(-n2nc(-c3cccn3C)cc2C(=O)Nc2ccc(F)cc2)c1. The summed E-state index contributed by atoms with van der Waals surface area (Å²) in [4.78, 5) is 13.1. The van der Waals surface area contributed by atoms with E-state index in [1.54, 1.807) is 10.7 Å². The molecule has 0 unspecified atom stereocenters. The third-order valence-electron chi connectivity index (χ3n) is 4.84. The van der Waals surface area contributed by atoms with Crippen LogP contribution in [0, 0.1) is 19.7 Å². The van der Waals surface area contributed by atoms with Gasteiger partial charge in [-0.05, 0) is 73.5 Å². The Kier molecular flexibility index (Phi) is 4.76. The van der Waals surface area contributed by atoms with Crippen LogP contribution in [0.4, 0.5) is 10.1 Å². The lowest BCUT2D eigenvalue weighted by Gasteiger charge is -2.11. The van der Waals surface area contributed by atoms with Crippen LogP contribution in [0.1, 0.15) is 21.6 Å². The van der Waals surface area contributed by atoms with Gasteiger partial charge < -0.3 is 9.88 Å². The van der Waals surface area contributed by atoms with Gasteiger partial charge >= 0.3 is 0 Å². The van der Waals surface area contributed by atoms with Crippen molar-refractivity contribution >= 4 is 11.6 Å². The molecule has 4 aromatic rings. The quantitative estimate of drug-likeness (QED) is 0.541. The first-order valence-corrected chi connectivity index (χ1v) is 9.29. The maximum atomic E-state index is 13.2. The Hall–Kier alpha value is -3.67. The fourth-order valence-electron chi connectivity index (χ4n) is 3.25. The average molecular weight is 388 g/mol. The number of carbonyl (C=O) groups is 1. The van der Waals surface area contributed by atoms with Crippen LogP contribution in [0.2, 0.25) is 0 Å². The summed E-state index contributed by atoms with van der Waals surface area (Å²) in [6.45, 7) is 3.99. The summed E-state index contributed by atoms with van der Waals surface area (Å²) in [5.41, 5.74) is 5.45. The summed E-state index contributed by atoms with van der Waals surface area (Å²) in [6, 6.07) is 17.4. The Labute approximate surface area is 168 Å². The van der Waals surface area contributed by atoms with Crippen molar-refractivity contribution in [1.29, 1.82) is 0 Å². The fraction of sp³-hybridized carbons (Fsp3) is 0.130. The van der Waals surface area contributed by atoms with Gasteiger partial charge in [-0.3, -0.25) is 4.79 Å². The number of benzene rings is 2. The summed E-state index contributed by atoms with van der Waals surface area (Å²) < 4.78 is 16.8. The lowest BCUT2D eigenvalue weighted by atomic mass is 10.1. The molecule has 146 valence electrons. The molecule has 0 atom stereocenters. The fourth-order valence-corrected chi connectivity index (χ4v) is 3.25. The molecule has 0 radical (unpaired) electrons. The highest BCUT2D eigenvalue weighted by molar-refractivity contribution is 6.04. The summed E-state index contributed by atoms with van der Waals surface area (Å²) in [7, 11) is 1.94. The molecule has 0 spiro atoms. The third kappa shape index (κ3) is 3.69. The number of amides is 1. The number of nitrogens with zero attached hydrogens (tertiary/aromatic N) is 3. The van der Waals surface area contributed by atoms with E-state index in [1.165, 1.54) is 24.3 Å². The number of hydrogen-bond donors (Lipinski definition) is 1. The number of nitrogens with one attached hydrogen (secondary N) is 1. The number of hydrogen-bond acceptors (Lipinski definition) is 2. The van der Waals surface area contributed by atoms with E-state index in [2.05, 4.69) is 5.32 Å². The molecule has 0 bridgehead atoms. The molecule has 0 saturated carbocycles. The van der Waals surface area contributed by atoms with Crippen LogP contribution in [-0.4, -0.2) is 20.3 Å². The van der Waals surface area contributed by atoms with Crippen LogP contribution >= 0.6 is 0 Å². The van der Waals surface area contributed by atoms with Crippen molar-refractivity contribution in [3.05, 3.63) is 89.5 Å². The minimum atomic E-state index is -0.352. The Balaban J connectivity index is 1.81. The molecule has 0 saturated heterocycles. The van der Waals surface area contributed by atoms with Gasteiger partial charge in [-0.15, -0.1) is 0 Å². The number of carbonyl (C=O) groups excluding carboxylic acids is 1. The van der Waals surface area contributed by atoms with E-state index in [1.807, 2.05) is 62.0 Å². The zero-order valence-electron chi connectivity index (χ0n) is 16.5. The molecule has 0 fully saturated rings. The number of halogens is 1. The van der Waals surface area contributed by atoms with Gasteiger partial charge in [-0.25, -0.2) is 9.07 Å². The smallest absolute Gasteiger partial charge is 0.274 e. The second kappa shape index (κ2) is 7.39. The molecule has 2 aromatic heterocycles. The molecule has 4 rings (SSSR count). The van der Waals surface area contributed by atoms with Gasteiger partial charge in [0.15, 0.2) is 0 Å². The van der Waals surface area contributed by atoms with Crippen LogP contribution in [0.25, 0.3) is 17.1 Å². The van der Waals surface area contributed by atoms with Gasteiger partial charge in [0.25, 0.3) is 5.91 Å². The van der Waals surface area contributed by atoms with E-state index in [0.29, 0.717) is 17.1 Å². The van der Waals surface area contributed by atoms with Gasteiger partial charge in [0.2, 0.25) is 0 Å². The first kappa shape index (κ1) is 18.7. The zero-order chi connectivity index (χ0) is 20.5. The van der Waals surface area contributed by atoms with Crippen LogP contribution in [0.5, 0.6) is 0 Å². The second-order valence-electron chi connectivity index (χ2n) is 7.08. The molecule has 29 heavy (non-hydrogen) atoms. The summed E-state index contributed by atoms with van der Waals surface area (Å²) in [6.07, 6.45) is 1.94. The van der Waals surface area contributed by atoms with Gasteiger partial charge in [0, 0.05) is 18.9 Å². The van der Waals surface area contributed by atoms with E-state index in [-0.39, 0.29) is 11.7 Å². The first-order valence-electron chi connectivity index (χ1n) is 9.29. The van der Waals surface area contributed by atoms with Crippen LogP contribution in [0.15, 0.2) is 66.9 Å². The van der Waals surface area contributed by atoms with Crippen molar-refractivity contribution in [2.45, 2.75) is 13.8 Å². The van der Waals surface area contributed by atoms with Crippen molar-refractivity contribution in [1.82, 2.24) is 14.3 Å². The van der Waals surface area contributed by atoms with Crippen LogP contribution < -0.4 is 5.32 Å². The van der Waals surface area contributed by atoms with E-state index >= 15 is 0 Å². The van der Waals surface area contributed by atoms with Crippen LogP contribution in [0.3, 0.4) is 0 Å². The lowest BCUT2D eigenvalue weighted by molar-refractivity contribution is 0.101. The minimum absolute atomic E-state index is 0.314. The Bertz CT molecular complexity index is 1190. The van der Waals surface area contributed by atoms with E-state index in [0.717, 1.165) is 22.5 Å². The van der Waals surface area contributed by atoms with Crippen molar-refractivity contribution in [3.8, 4) is 17.1 Å². The highest BCUT2D eigenvalue weighted by Crippen LogP contribution is 2.25. The second-order valence-corrected chi connectivity index (χ2v) is 7.08. The van der Waals surface area contributed by atoms with Gasteiger partial charge in [0.05, 0.1) is 11.4 Å². The normalized spacial score (nSPS) is 10.9. The van der Waals surface area contributed by atoms with Crippen LogP contribution in [-0.2, 0) is 7.05 Å². The molecule has 5 nitrogen and oxygen atoms in total. The zero-order valence-corrected chi connectivity index (χ0v) is 16.5. The maximum Gasteiger partial charge on any atom is 0.274 e. The molecule has 6 heteroatoms. The van der Waals surface area contributed by atoms with Crippen molar-refractivity contribution in [3.63, 3.8) is 0 Å². The number of rotatable bonds is 4. The standard InChI is InChI=1S/C23H21FN4O/c1-15-6-7-16(2)21(13-15)28-22(14-19(26-28)20-5-4-12-27(20)3)23(29)25-18-10-8-17(24)9-11-18/h4-14H,1-3H3,(H,25,29). The molecular formula is C23H21FN4O. The van der Waals surface area contributed by atoms with Crippen molar-refractivity contribution in [2.75, 3.05) is 5.32 Å². The summed E-state index contributed by atoms with van der Waals surface area (Å²) in [5, 5.41) is 7.57. The van der Waals surface area contributed by atoms with Gasteiger partial charge in [-0.2, -0.15) is 5.10 Å². The highest BCUT2D eigenvalue weighted by Gasteiger charge is 2.20. The van der Waals surface area contributed by atoms with E-state index in [4.69, 9.17) is 5.10 Å². The van der Waals surface area contributed by atoms with Gasteiger partial charge in [-0.1, -0.05) is 12.1 Å². The topological polar surface area (TPSA) is 51.9 Å². The van der Waals surface area contributed by atoms with Gasteiger partial charge in [0.1, 0.15) is 17.2 Å². The summed E-state index contributed by atoms with van der Waals surface area (Å²) >= 11 is 0. The highest BCUT2D eigenvalue weighted by atomic mass is 19.1. The predicted molar refractivity (Wildman–Crippen MR) is 112 cm³/mol. The minimum Gasteiger partial charge on any atom is -0.349 e. The average Bonchev–Trinajstić information content (AvgIpc) is 3.31. The first-order chi connectivity index (χ1) is 13.9. The molecule has 1 amide bonds. The Morgan fingerprint density at radius 3 is 2.48 bits per heavy atom. The van der Waals surface area contributed by atoms with E-state index in [9.17, 15) is 9.18 Å². The maximum absolute atomic E-state index is 13.2. The third-order valence-corrected chi connectivity index (χ3v) is 4.84. The molecular weight excluding hydrogens is 367 g/mol. The van der Waals surface area contributed by atoms with Crippen molar-refractivity contribution < 1.29 is 9.18 Å². The van der Waals surface area contributed by atoms with Crippen molar-refractivity contribution in [2.24, 2.45) is 7.05 Å². The molecule has 2 aromatic carbocycles. The number of aryl methyl sites for hydroxylation is 3. The summed E-state index contributed by atoms with van der Waals surface area (Å²) in [5.74, 6) is -0.667. The molecule has 2 heterocycles. The van der Waals surface area contributed by atoms with E-state index < -0.39 is 0 Å². The number of aromatic nitrogens is 3.